The highest BCUT2D eigenvalue weighted by atomic mass is 16.5. The second kappa shape index (κ2) is 8.32. The van der Waals surface area contributed by atoms with Gasteiger partial charge in [-0.3, -0.25) is 4.90 Å². The summed E-state index contributed by atoms with van der Waals surface area (Å²) in [6.07, 6.45) is 4.80. The normalized spacial score (nSPS) is 32.1. The van der Waals surface area contributed by atoms with Crippen LogP contribution in [-0.2, 0) is 9.47 Å². The van der Waals surface area contributed by atoms with Crippen LogP contribution >= 0.6 is 0 Å². The standard InChI is InChI=1S/C16H32N2O2/c1-4-14-11-18(7-8-19-14)12-16-6-5-15(20-16)10-17-9-13(2)3/h13-17H,4-12H2,1-3H3. The Bertz CT molecular complexity index is 273. The largest absolute Gasteiger partial charge is 0.376 e. The van der Waals surface area contributed by atoms with Gasteiger partial charge >= 0.3 is 0 Å². The molecule has 2 aliphatic heterocycles. The van der Waals surface area contributed by atoms with Crippen molar-refractivity contribution >= 4 is 0 Å². The fraction of sp³-hybridized carbons (Fsp3) is 1.00. The number of hydrogen-bond acceptors (Lipinski definition) is 4. The Kier molecular flexibility index (Phi) is 6.75. The molecule has 2 rings (SSSR count). The lowest BCUT2D eigenvalue weighted by Crippen LogP contribution is -2.45. The lowest BCUT2D eigenvalue weighted by molar-refractivity contribution is -0.0503. The summed E-state index contributed by atoms with van der Waals surface area (Å²) in [4.78, 5) is 2.52. The van der Waals surface area contributed by atoms with Crippen LogP contribution in [-0.4, -0.2) is 62.5 Å². The zero-order valence-electron chi connectivity index (χ0n) is 13.4. The molecule has 1 N–H and O–H groups in total. The highest BCUT2D eigenvalue weighted by Gasteiger charge is 2.28. The van der Waals surface area contributed by atoms with Crippen LogP contribution < -0.4 is 5.32 Å². The third-order valence-electron chi connectivity index (χ3n) is 4.26. The molecule has 0 aliphatic carbocycles. The van der Waals surface area contributed by atoms with E-state index in [-0.39, 0.29) is 0 Å². The zero-order valence-corrected chi connectivity index (χ0v) is 13.4. The summed E-state index contributed by atoms with van der Waals surface area (Å²) in [5.41, 5.74) is 0. The molecule has 0 saturated carbocycles. The molecule has 4 nitrogen and oxygen atoms in total. The quantitative estimate of drug-likeness (QED) is 0.774. The van der Waals surface area contributed by atoms with E-state index in [2.05, 4.69) is 31.0 Å². The van der Waals surface area contributed by atoms with Gasteiger partial charge in [0.15, 0.2) is 0 Å². The molecule has 2 fully saturated rings. The molecule has 2 saturated heterocycles. The maximum Gasteiger partial charge on any atom is 0.0707 e. The number of morpholine rings is 1. The minimum absolute atomic E-state index is 0.418. The molecule has 3 atom stereocenters. The van der Waals surface area contributed by atoms with E-state index >= 15 is 0 Å². The molecule has 0 aromatic rings. The first-order valence-electron chi connectivity index (χ1n) is 8.37. The van der Waals surface area contributed by atoms with Gasteiger partial charge in [-0.15, -0.1) is 0 Å². The number of rotatable bonds is 7. The van der Waals surface area contributed by atoms with Gasteiger partial charge in [0.25, 0.3) is 0 Å². The van der Waals surface area contributed by atoms with Crippen molar-refractivity contribution in [1.29, 1.82) is 0 Å². The van der Waals surface area contributed by atoms with E-state index in [1.807, 2.05) is 0 Å². The van der Waals surface area contributed by atoms with Crippen molar-refractivity contribution < 1.29 is 9.47 Å². The average molecular weight is 284 g/mol. The molecule has 118 valence electrons. The first-order valence-corrected chi connectivity index (χ1v) is 8.37. The fourth-order valence-electron chi connectivity index (χ4n) is 3.08. The van der Waals surface area contributed by atoms with Crippen LogP contribution in [0.25, 0.3) is 0 Å². The summed E-state index contributed by atoms with van der Waals surface area (Å²) in [5, 5.41) is 3.51. The minimum atomic E-state index is 0.418. The predicted molar refractivity (Wildman–Crippen MR) is 82.1 cm³/mol. The molecule has 0 amide bonds. The topological polar surface area (TPSA) is 33.7 Å². The average Bonchev–Trinajstić information content (AvgIpc) is 2.86. The molecule has 4 heteroatoms. The van der Waals surface area contributed by atoms with Crippen LogP contribution in [0.1, 0.15) is 40.0 Å². The van der Waals surface area contributed by atoms with Crippen molar-refractivity contribution in [2.75, 3.05) is 39.3 Å². The highest BCUT2D eigenvalue weighted by Crippen LogP contribution is 2.21. The van der Waals surface area contributed by atoms with Gasteiger partial charge in [0.2, 0.25) is 0 Å². The Labute approximate surface area is 124 Å². The van der Waals surface area contributed by atoms with Gasteiger partial charge in [0.1, 0.15) is 0 Å². The summed E-state index contributed by atoms with van der Waals surface area (Å²) < 4.78 is 11.9. The Hall–Kier alpha value is -0.160. The van der Waals surface area contributed by atoms with Crippen molar-refractivity contribution in [2.24, 2.45) is 5.92 Å². The number of nitrogens with zero attached hydrogens (tertiary/aromatic N) is 1. The van der Waals surface area contributed by atoms with Gasteiger partial charge in [-0.1, -0.05) is 20.8 Å². The van der Waals surface area contributed by atoms with E-state index in [1.54, 1.807) is 0 Å². The smallest absolute Gasteiger partial charge is 0.0707 e. The molecule has 2 heterocycles. The summed E-state index contributed by atoms with van der Waals surface area (Å²) in [6, 6.07) is 0. The molecule has 0 aromatic carbocycles. The maximum atomic E-state index is 6.17. The Morgan fingerprint density at radius 1 is 1.20 bits per heavy atom. The first-order chi connectivity index (χ1) is 9.67. The molecule has 0 radical (unpaired) electrons. The van der Waals surface area contributed by atoms with E-state index in [9.17, 15) is 0 Å². The highest BCUT2D eigenvalue weighted by molar-refractivity contribution is 4.80. The summed E-state index contributed by atoms with van der Waals surface area (Å²) in [6.45, 7) is 12.9. The van der Waals surface area contributed by atoms with E-state index in [0.29, 0.717) is 24.2 Å². The van der Waals surface area contributed by atoms with E-state index < -0.39 is 0 Å². The third-order valence-corrected chi connectivity index (χ3v) is 4.26. The van der Waals surface area contributed by atoms with Gasteiger partial charge in [-0.2, -0.15) is 0 Å². The van der Waals surface area contributed by atoms with E-state index in [0.717, 1.165) is 45.8 Å². The Balaban J connectivity index is 1.63. The Morgan fingerprint density at radius 3 is 2.75 bits per heavy atom. The molecule has 0 aromatic heterocycles. The summed E-state index contributed by atoms with van der Waals surface area (Å²) in [5.74, 6) is 0.714. The minimum Gasteiger partial charge on any atom is -0.376 e. The first kappa shape index (κ1) is 16.2. The van der Waals surface area contributed by atoms with Crippen molar-refractivity contribution in [3.63, 3.8) is 0 Å². The molecule has 0 bridgehead atoms. The second-order valence-electron chi connectivity index (χ2n) is 6.67. The van der Waals surface area contributed by atoms with Crippen LogP contribution in [0.4, 0.5) is 0 Å². The van der Waals surface area contributed by atoms with Crippen LogP contribution in [0.2, 0.25) is 0 Å². The van der Waals surface area contributed by atoms with Crippen LogP contribution in [0.3, 0.4) is 0 Å². The van der Waals surface area contributed by atoms with Crippen LogP contribution in [0.15, 0.2) is 0 Å². The van der Waals surface area contributed by atoms with Gasteiger partial charge in [0, 0.05) is 26.2 Å². The molecule has 20 heavy (non-hydrogen) atoms. The maximum absolute atomic E-state index is 6.17. The van der Waals surface area contributed by atoms with E-state index in [4.69, 9.17) is 9.47 Å². The summed E-state index contributed by atoms with van der Waals surface area (Å²) >= 11 is 0. The molecule has 2 aliphatic rings. The molecule has 3 unspecified atom stereocenters. The van der Waals surface area contributed by atoms with Gasteiger partial charge in [-0.25, -0.2) is 0 Å². The van der Waals surface area contributed by atoms with Crippen LogP contribution in [0.5, 0.6) is 0 Å². The molecule has 0 spiro atoms. The third kappa shape index (κ3) is 5.32. The Morgan fingerprint density at radius 2 is 2.00 bits per heavy atom. The van der Waals surface area contributed by atoms with Crippen LogP contribution in [0, 0.1) is 5.92 Å². The lowest BCUT2D eigenvalue weighted by atomic mass is 10.1. The summed E-state index contributed by atoms with van der Waals surface area (Å²) in [7, 11) is 0. The monoisotopic (exact) mass is 284 g/mol. The van der Waals surface area contributed by atoms with Crippen molar-refractivity contribution in [3.05, 3.63) is 0 Å². The lowest BCUT2D eigenvalue weighted by Gasteiger charge is -2.33. The van der Waals surface area contributed by atoms with Crippen molar-refractivity contribution in [1.82, 2.24) is 10.2 Å². The second-order valence-corrected chi connectivity index (χ2v) is 6.67. The van der Waals surface area contributed by atoms with Gasteiger partial charge in [0.05, 0.1) is 24.9 Å². The molecular formula is C16H32N2O2. The van der Waals surface area contributed by atoms with Crippen molar-refractivity contribution in [2.45, 2.75) is 58.3 Å². The zero-order chi connectivity index (χ0) is 14.4. The fourth-order valence-corrected chi connectivity index (χ4v) is 3.08. The number of nitrogens with one attached hydrogen (secondary N) is 1. The number of ether oxygens (including phenoxy) is 2. The van der Waals surface area contributed by atoms with Gasteiger partial charge in [-0.05, 0) is 31.7 Å². The molecular weight excluding hydrogens is 252 g/mol. The SMILES string of the molecule is CCC1CN(CC2CCC(CNCC(C)C)O2)CCO1. The van der Waals surface area contributed by atoms with E-state index in [1.165, 1.54) is 12.8 Å². The van der Waals surface area contributed by atoms with Crippen molar-refractivity contribution in [3.8, 4) is 0 Å². The predicted octanol–water partition coefficient (Wildman–Crippen LogP) is 1.89. The number of hydrogen-bond donors (Lipinski definition) is 1. The van der Waals surface area contributed by atoms with Gasteiger partial charge < -0.3 is 14.8 Å².